The molecule has 3 rings (SSSR count). The molecular formula is C22H23ClN4O3. The summed E-state index contributed by atoms with van der Waals surface area (Å²) in [7, 11) is 1.73. The molecule has 0 aliphatic carbocycles. The molecule has 1 N–H and O–H groups in total. The highest BCUT2D eigenvalue weighted by Crippen LogP contribution is 2.21. The van der Waals surface area contributed by atoms with Crippen LogP contribution >= 0.6 is 11.6 Å². The topological polar surface area (TPSA) is 88.2 Å². The van der Waals surface area contributed by atoms with Crippen molar-refractivity contribution >= 4 is 17.5 Å². The number of hydrogen-bond donors (Lipinski definition) is 1. The summed E-state index contributed by atoms with van der Waals surface area (Å²) in [4.78, 5) is 28.5. The highest BCUT2D eigenvalue weighted by atomic mass is 35.5. The molecule has 0 fully saturated rings. The van der Waals surface area contributed by atoms with E-state index in [9.17, 15) is 9.59 Å². The number of nitrogens with one attached hydrogen (secondary N) is 1. The smallest absolute Gasteiger partial charge is 0.273 e. The molecular weight excluding hydrogens is 404 g/mol. The molecule has 0 saturated carbocycles. The fraction of sp³-hybridized carbons (Fsp3) is 0.273. The zero-order valence-corrected chi connectivity index (χ0v) is 17.6. The summed E-state index contributed by atoms with van der Waals surface area (Å²) in [6.07, 6.45) is 0.472. The number of carbonyl (C=O) groups is 1. The third kappa shape index (κ3) is 5.45. The fourth-order valence-corrected chi connectivity index (χ4v) is 2.92. The van der Waals surface area contributed by atoms with Gasteiger partial charge in [0.1, 0.15) is 18.1 Å². The Balaban J connectivity index is 1.63. The van der Waals surface area contributed by atoms with Crippen molar-refractivity contribution in [2.24, 2.45) is 0 Å². The van der Waals surface area contributed by atoms with E-state index in [-0.39, 0.29) is 30.0 Å². The third-order valence-electron chi connectivity index (χ3n) is 4.72. The fourth-order valence-electron chi connectivity index (χ4n) is 2.73. The van der Waals surface area contributed by atoms with Crippen LogP contribution < -0.4 is 10.3 Å². The summed E-state index contributed by atoms with van der Waals surface area (Å²) >= 11 is 6.14. The van der Waals surface area contributed by atoms with Gasteiger partial charge in [-0.05, 0) is 37.3 Å². The lowest BCUT2D eigenvalue weighted by Crippen LogP contribution is -2.27. The number of aryl methyl sites for hydroxylation is 1. The number of aromatic nitrogens is 3. The largest absolute Gasteiger partial charge is 0.489 e. The van der Waals surface area contributed by atoms with Crippen LogP contribution in [0.3, 0.4) is 0 Å². The van der Waals surface area contributed by atoms with Gasteiger partial charge < -0.3 is 14.6 Å². The summed E-state index contributed by atoms with van der Waals surface area (Å²) in [5, 5.41) is 8.77. The van der Waals surface area contributed by atoms with E-state index >= 15 is 0 Å². The summed E-state index contributed by atoms with van der Waals surface area (Å²) in [6.45, 7) is 2.88. The van der Waals surface area contributed by atoms with Crippen molar-refractivity contribution in [3.63, 3.8) is 0 Å². The molecule has 30 heavy (non-hydrogen) atoms. The number of amides is 1. The van der Waals surface area contributed by atoms with Gasteiger partial charge >= 0.3 is 0 Å². The van der Waals surface area contributed by atoms with Gasteiger partial charge in [-0.2, -0.15) is 0 Å². The molecule has 0 unspecified atom stereocenters. The normalized spacial score (nSPS) is 10.6. The van der Waals surface area contributed by atoms with Gasteiger partial charge in [0.05, 0.1) is 0 Å². The second-order valence-electron chi connectivity index (χ2n) is 6.76. The maximum absolute atomic E-state index is 12.3. The highest BCUT2D eigenvalue weighted by Gasteiger charge is 2.11. The van der Waals surface area contributed by atoms with Gasteiger partial charge in [0.15, 0.2) is 5.82 Å². The Labute approximate surface area is 179 Å². The van der Waals surface area contributed by atoms with E-state index in [1.54, 1.807) is 36.2 Å². The van der Waals surface area contributed by atoms with Crippen LogP contribution in [-0.2, 0) is 17.8 Å². The monoisotopic (exact) mass is 426 g/mol. The lowest BCUT2D eigenvalue weighted by molar-refractivity contribution is -0.129. The van der Waals surface area contributed by atoms with Crippen LogP contribution in [0.5, 0.6) is 5.75 Å². The summed E-state index contributed by atoms with van der Waals surface area (Å²) < 4.78 is 5.76. The molecule has 7 nitrogen and oxygen atoms in total. The first-order valence-electron chi connectivity index (χ1n) is 9.64. The predicted molar refractivity (Wildman–Crippen MR) is 116 cm³/mol. The molecule has 8 heteroatoms. The zero-order valence-electron chi connectivity index (χ0n) is 16.9. The molecule has 3 aromatic rings. The van der Waals surface area contributed by atoms with Crippen LogP contribution in [0.25, 0.3) is 11.4 Å². The SMILES string of the molecule is CCN(C)C(=O)CCc1nnc(-c2ccc(OCc3ccccc3Cl)cc2)[nH]c1=O. The van der Waals surface area contributed by atoms with Crippen LogP contribution in [0.1, 0.15) is 24.6 Å². The predicted octanol–water partition coefficient (Wildman–Crippen LogP) is 3.48. The number of benzene rings is 2. The van der Waals surface area contributed by atoms with Gasteiger partial charge in [-0.15, -0.1) is 10.2 Å². The minimum atomic E-state index is -0.342. The highest BCUT2D eigenvalue weighted by molar-refractivity contribution is 6.31. The van der Waals surface area contributed by atoms with Gasteiger partial charge in [0, 0.05) is 42.6 Å². The molecule has 0 atom stereocenters. The van der Waals surface area contributed by atoms with E-state index in [0.717, 1.165) is 5.56 Å². The first-order chi connectivity index (χ1) is 14.5. The lowest BCUT2D eigenvalue weighted by Gasteiger charge is -2.13. The van der Waals surface area contributed by atoms with Gasteiger partial charge in [-0.25, -0.2) is 0 Å². The van der Waals surface area contributed by atoms with Crippen molar-refractivity contribution in [1.29, 1.82) is 0 Å². The quantitative estimate of drug-likeness (QED) is 0.595. The van der Waals surface area contributed by atoms with Crippen LogP contribution in [0.4, 0.5) is 0 Å². The molecule has 1 heterocycles. The van der Waals surface area contributed by atoms with Crippen LogP contribution in [0.15, 0.2) is 53.3 Å². The zero-order chi connectivity index (χ0) is 21.5. The molecule has 156 valence electrons. The van der Waals surface area contributed by atoms with E-state index in [1.807, 2.05) is 31.2 Å². The third-order valence-corrected chi connectivity index (χ3v) is 5.09. The van der Waals surface area contributed by atoms with E-state index in [1.165, 1.54) is 0 Å². The average molecular weight is 427 g/mol. The van der Waals surface area contributed by atoms with Crippen molar-refractivity contribution in [2.45, 2.75) is 26.4 Å². The second-order valence-corrected chi connectivity index (χ2v) is 7.17. The molecule has 0 spiro atoms. The number of rotatable bonds is 8. The first kappa shape index (κ1) is 21.5. The van der Waals surface area contributed by atoms with Gasteiger partial charge in [0.25, 0.3) is 5.56 Å². The Hall–Kier alpha value is -3.19. The molecule has 0 bridgehead atoms. The van der Waals surface area contributed by atoms with E-state index in [0.29, 0.717) is 35.3 Å². The minimum Gasteiger partial charge on any atom is -0.489 e. The van der Waals surface area contributed by atoms with Crippen LogP contribution in [0.2, 0.25) is 5.02 Å². The van der Waals surface area contributed by atoms with Crippen LogP contribution in [-0.4, -0.2) is 39.6 Å². The standard InChI is InChI=1S/C22H23ClN4O3/c1-3-27(2)20(28)13-12-19-22(29)24-21(26-25-19)15-8-10-17(11-9-15)30-14-16-6-4-5-7-18(16)23/h4-11H,3,12-14H2,1-2H3,(H,24,26,29). The average Bonchev–Trinajstić information content (AvgIpc) is 2.77. The van der Waals surface area contributed by atoms with Crippen LogP contribution in [0, 0.1) is 0 Å². The van der Waals surface area contributed by atoms with E-state index < -0.39 is 0 Å². The summed E-state index contributed by atoms with van der Waals surface area (Å²) in [6, 6.07) is 14.7. The molecule has 0 aliphatic heterocycles. The molecule has 2 aromatic carbocycles. The van der Waals surface area contributed by atoms with Gasteiger partial charge in [0.2, 0.25) is 5.91 Å². The first-order valence-corrected chi connectivity index (χ1v) is 10.0. The van der Waals surface area contributed by atoms with Crippen molar-refractivity contribution in [1.82, 2.24) is 20.1 Å². The Kier molecular flexibility index (Phi) is 7.19. The Morgan fingerprint density at radius 3 is 2.53 bits per heavy atom. The molecule has 0 aliphatic rings. The maximum atomic E-state index is 12.3. The Bertz CT molecular complexity index is 1070. The van der Waals surface area contributed by atoms with Gasteiger partial charge in [-0.1, -0.05) is 29.8 Å². The number of aromatic amines is 1. The number of hydrogen-bond acceptors (Lipinski definition) is 5. The minimum absolute atomic E-state index is 0.0323. The second kappa shape index (κ2) is 10.0. The lowest BCUT2D eigenvalue weighted by atomic mass is 10.2. The van der Waals surface area contributed by atoms with Crippen molar-refractivity contribution < 1.29 is 9.53 Å². The Morgan fingerprint density at radius 1 is 1.13 bits per heavy atom. The van der Waals surface area contributed by atoms with Crippen molar-refractivity contribution in [3.05, 3.63) is 75.2 Å². The van der Waals surface area contributed by atoms with E-state index in [4.69, 9.17) is 16.3 Å². The molecule has 0 radical (unpaired) electrons. The number of ether oxygens (including phenoxy) is 1. The molecule has 1 amide bonds. The Morgan fingerprint density at radius 2 is 1.87 bits per heavy atom. The number of carbonyl (C=O) groups excluding carboxylic acids is 1. The van der Waals surface area contributed by atoms with Gasteiger partial charge in [-0.3, -0.25) is 9.59 Å². The number of halogens is 1. The number of H-pyrrole nitrogens is 1. The molecule has 1 aromatic heterocycles. The van der Waals surface area contributed by atoms with Crippen molar-refractivity contribution in [2.75, 3.05) is 13.6 Å². The van der Waals surface area contributed by atoms with E-state index in [2.05, 4.69) is 15.2 Å². The summed E-state index contributed by atoms with van der Waals surface area (Å²) in [5.74, 6) is 0.998. The number of nitrogens with zero attached hydrogens (tertiary/aromatic N) is 3. The summed E-state index contributed by atoms with van der Waals surface area (Å²) in [5.41, 5.74) is 1.51. The van der Waals surface area contributed by atoms with Crippen molar-refractivity contribution in [3.8, 4) is 17.1 Å². The maximum Gasteiger partial charge on any atom is 0.273 e. The molecule has 0 saturated heterocycles.